The predicted octanol–water partition coefficient (Wildman–Crippen LogP) is 1.53. The quantitative estimate of drug-likeness (QED) is 0.366. The van der Waals surface area contributed by atoms with Crippen molar-refractivity contribution in [2.24, 2.45) is 4.99 Å². The number of amides is 1. The molecule has 0 unspecified atom stereocenters. The van der Waals surface area contributed by atoms with Crippen LogP contribution in [0.25, 0.3) is 0 Å². The molecule has 0 aliphatic rings. The molecule has 1 amide bonds. The van der Waals surface area contributed by atoms with Gasteiger partial charge in [0.05, 0.1) is 13.2 Å². The van der Waals surface area contributed by atoms with E-state index in [9.17, 15) is 4.79 Å². The number of nitrogens with one attached hydrogen (secondary N) is 3. The van der Waals surface area contributed by atoms with Crippen LogP contribution in [0.2, 0.25) is 0 Å². The smallest absolute Gasteiger partial charge is 0.251 e. The summed E-state index contributed by atoms with van der Waals surface area (Å²) in [6.07, 6.45) is 0. The zero-order chi connectivity index (χ0) is 16.9. The van der Waals surface area contributed by atoms with Crippen LogP contribution < -0.4 is 16.0 Å². The first-order chi connectivity index (χ1) is 11.2. The van der Waals surface area contributed by atoms with E-state index in [0.29, 0.717) is 38.4 Å². The molecule has 0 radical (unpaired) electrons. The van der Waals surface area contributed by atoms with E-state index in [4.69, 9.17) is 4.74 Å². The maximum atomic E-state index is 11.9. The Kier molecular flexibility index (Phi) is 9.47. The van der Waals surface area contributed by atoms with E-state index in [0.717, 1.165) is 18.1 Å². The van der Waals surface area contributed by atoms with Gasteiger partial charge in [0.25, 0.3) is 5.91 Å². The summed E-state index contributed by atoms with van der Waals surface area (Å²) in [4.78, 5) is 16.4. The molecular formula is C17H28N4O2. The molecule has 0 saturated heterocycles. The Bertz CT molecular complexity index is 503. The number of rotatable bonds is 9. The maximum Gasteiger partial charge on any atom is 0.251 e. The summed E-state index contributed by atoms with van der Waals surface area (Å²) in [5, 5.41) is 9.21. The topological polar surface area (TPSA) is 74.8 Å². The zero-order valence-corrected chi connectivity index (χ0v) is 14.3. The average Bonchev–Trinajstić information content (AvgIpc) is 2.57. The number of nitrogens with zero attached hydrogens (tertiary/aromatic N) is 1. The summed E-state index contributed by atoms with van der Waals surface area (Å²) >= 11 is 0. The number of hydrogen-bond acceptors (Lipinski definition) is 3. The van der Waals surface area contributed by atoms with Crippen molar-refractivity contribution in [1.82, 2.24) is 16.0 Å². The van der Waals surface area contributed by atoms with Gasteiger partial charge in [0.15, 0.2) is 5.96 Å². The number of benzene rings is 1. The Morgan fingerprint density at radius 1 is 1.13 bits per heavy atom. The van der Waals surface area contributed by atoms with Gasteiger partial charge in [-0.3, -0.25) is 4.79 Å². The summed E-state index contributed by atoms with van der Waals surface area (Å²) in [7, 11) is 0. The van der Waals surface area contributed by atoms with Gasteiger partial charge in [0.2, 0.25) is 0 Å². The number of hydrogen-bond donors (Lipinski definition) is 3. The first kappa shape index (κ1) is 19.0. The second-order valence-electron chi connectivity index (χ2n) is 4.88. The molecule has 1 aromatic carbocycles. The lowest BCUT2D eigenvalue weighted by molar-refractivity contribution is 0.0955. The van der Waals surface area contributed by atoms with E-state index in [1.54, 1.807) is 0 Å². The third kappa shape index (κ3) is 7.65. The number of aliphatic imine (C=N–C) groups is 1. The molecule has 0 atom stereocenters. The van der Waals surface area contributed by atoms with Gasteiger partial charge in [-0.25, -0.2) is 4.99 Å². The molecular weight excluding hydrogens is 292 g/mol. The molecule has 0 aliphatic carbocycles. The Morgan fingerprint density at radius 3 is 2.61 bits per heavy atom. The summed E-state index contributed by atoms with van der Waals surface area (Å²) in [5.41, 5.74) is 1.66. The first-order valence-electron chi connectivity index (χ1n) is 8.18. The van der Waals surface area contributed by atoms with Crippen molar-refractivity contribution in [3.05, 3.63) is 35.4 Å². The highest BCUT2D eigenvalue weighted by atomic mass is 16.5. The fourth-order valence-corrected chi connectivity index (χ4v) is 1.97. The molecule has 23 heavy (non-hydrogen) atoms. The largest absolute Gasteiger partial charge is 0.380 e. The van der Waals surface area contributed by atoms with Crippen LogP contribution in [0.1, 0.15) is 36.7 Å². The van der Waals surface area contributed by atoms with Crippen LogP contribution in [0.15, 0.2) is 29.3 Å². The normalized spacial score (nSPS) is 11.2. The number of guanidine groups is 1. The Morgan fingerprint density at radius 2 is 1.91 bits per heavy atom. The van der Waals surface area contributed by atoms with Crippen molar-refractivity contribution in [3.63, 3.8) is 0 Å². The molecule has 6 heteroatoms. The van der Waals surface area contributed by atoms with Crippen LogP contribution >= 0.6 is 0 Å². The van der Waals surface area contributed by atoms with Gasteiger partial charge < -0.3 is 20.7 Å². The molecule has 128 valence electrons. The summed E-state index contributed by atoms with van der Waals surface area (Å²) in [6, 6.07) is 7.53. The van der Waals surface area contributed by atoms with Gasteiger partial charge in [-0.15, -0.1) is 0 Å². The van der Waals surface area contributed by atoms with E-state index >= 15 is 0 Å². The molecule has 0 aliphatic heterocycles. The summed E-state index contributed by atoms with van der Waals surface area (Å²) in [5.74, 6) is 0.690. The van der Waals surface area contributed by atoms with E-state index in [2.05, 4.69) is 20.9 Å². The van der Waals surface area contributed by atoms with E-state index in [1.165, 1.54) is 0 Å². The third-order valence-corrected chi connectivity index (χ3v) is 3.03. The Hall–Kier alpha value is -2.08. The molecule has 3 N–H and O–H groups in total. The average molecular weight is 320 g/mol. The third-order valence-electron chi connectivity index (χ3n) is 3.03. The first-order valence-corrected chi connectivity index (χ1v) is 8.18. The standard InChI is InChI=1S/C17H28N4O2/c1-4-18-16(22)15-9-7-8-14(12-15)13-21-17(19-5-2)20-10-11-23-6-3/h7-9,12H,4-6,10-11,13H2,1-3H3,(H,18,22)(H2,19,20,21). The molecule has 0 bridgehead atoms. The lowest BCUT2D eigenvalue weighted by Gasteiger charge is -2.11. The monoisotopic (exact) mass is 320 g/mol. The van der Waals surface area contributed by atoms with E-state index in [-0.39, 0.29) is 5.91 Å². The maximum absolute atomic E-state index is 11.9. The number of ether oxygens (including phenoxy) is 1. The summed E-state index contributed by atoms with van der Waals surface area (Å²) < 4.78 is 5.30. The van der Waals surface area contributed by atoms with Crippen molar-refractivity contribution >= 4 is 11.9 Å². The highest BCUT2D eigenvalue weighted by Crippen LogP contribution is 2.06. The lowest BCUT2D eigenvalue weighted by atomic mass is 10.1. The van der Waals surface area contributed by atoms with Crippen LogP contribution in [0.4, 0.5) is 0 Å². The van der Waals surface area contributed by atoms with Crippen LogP contribution in [-0.2, 0) is 11.3 Å². The number of carbonyl (C=O) groups is 1. The van der Waals surface area contributed by atoms with Gasteiger partial charge in [-0.05, 0) is 38.5 Å². The molecule has 6 nitrogen and oxygen atoms in total. The summed E-state index contributed by atoms with van der Waals surface area (Å²) in [6.45, 7) is 9.89. The van der Waals surface area contributed by atoms with Gasteiger partial charge in [0, 0.05) is 31.8 Å². The lowest BCUT2D eigenvalue weighted by Crippen LogP contribution is -2.39. The van der Waals surface area contributed by atoms with Crippen LogP contribution in [0, 0.1) is 0 Å². The van der Waals surface area contributed by atoms with Gasteiger partial charge in [-0.2, -0.15) is 0 Å². The Balaban J connectivity index is 2.63. The molecule has 0 spiro atoms. The van der Waals surface area contributed by atoms with Crippen molar-refractivity contribution in [2.75, 3.05) is 32.8 Å². The second-order valence-corrected chi connectivity index (χ2v) is 4.88. The fourth-order valence-electron chi connectivity index (χ4n) is 1.97. The fraction of sp³-hybridized carbons (Fsp3) is 0.529. The minimum atomic E-state index is -0.0555. The van der Waals surface area contributed by atoms with Crippen LogP contribution in [0.3, 0.4) is 0 Å². The highest BCUT2D eigenvalue weighted by molar-refractivity contribution is 5.94. The van der Waals surface area contributed by atoms with Gasteiger partial charge in [0.1, 0.15) is 0 Å². The van der Waals surface area contributed by atoms with Gasteiger partial charge >= 0.3 is 0 Å². The molecule has 0 fully saturated rings. The molecule has 0 aromatic heterocycles. The minimum Gasteiger partial charge on any atom is -0.380 e. The predicted molar refractivity (Wildman–Crippen MR) is 93.8 cm³/mol. The Labute approximate surface area is 138 Å². The van der Waals surface area contributed by atoms with E-state index < -0.39 is 0 Å². The highest BCUT2D eigenvalue weighted by Gasteiger charge is 2.04. The number of carbonyl (C=O) groups excluding carboxylic acids is 1. The molecule has 1 rings (SSSR count). The molecule has 1 aromatic rings. The zero-order valence-electron chi connectivity index (χ0n) is 14.3. The van der Waals surface area contributed by atoms with Crippen LogP contribution in [0.5, 0.6) is 0 Å². The molecule has 0 heterocycles. The minimum absolute atomic E-state index is 0.0555. The second kappa shape index (κ2) is 11.5. The SMILES string of the molecule is CCNC(=O)c1cccc(CN=C(NCC)NCCOCC)c1. The van der Waals surface area contributed by atoms with Crippen molar-refractivity contribution in [3.8, 4) is 0 Å². The van der Waals surface area contributed by atoms with Gasteiger partial charge in [-0.1, -0.05) is 12.1 Å². The van der Waals surface area contributed by atoms with Crippen molar-refractivity contribution in [1.29, 1.82) is 0 Å². The van der Waals surface area contributed by atoms with Crippen molar-refractivity contribution in [2.45, 2.75) is 27.3 Å². The van der Waals surface area contributed by atoms with Crippen molar-refractivity contribution < 1.29 is 9.53 Å². The van der Waals surface area contributed by atoms with E-state index in [1.807, 2.05) is 45.0 Å². The van der Waals surface area contributed by atoms with Crippen LogP contribution in [-0.4, -0.2) is 44.7 Å². The molecule has 0 saturated carbocycles.